The van der Waals surface area contributed by atoms with Gasteiger partial charge in [0.2, 0.25) is 0 Å². The van der Waals surface area contributed by atoms with E-state index in [0.717, 1.165) is 63.7 Å². The second-order valence-electron chi connectivity index (χ2n) is 8.83. The number of pyridine rings is 2. The van der Waals surface area contributed by atoms with Gasteiger partial charge in [-0.15, -0.1) is 0 Å². The maximum absolute atomic E-state index is 11.5. The summed E-state index contributed by atoms with van der Waals surface area (Å²) >= 11 is 0. The summed E-state index contributed by atoms with van der Waals surface area (Å²) in [4.78, 5) is 27.4. The van der Waals surface area contributed by atoms with E-state index in [1.54, 1.807) is 18.3 Å². The zero-order valence-corrected chi connectivity index (χ0v) is 20.0. The van der Waals surface area contributed by atoms with Crippen LogP contribution < -0.4 is 4.90 Å². The average molecular weight is 460 g/mol. The van der Waals surface area contributed by atoms with Gasteiger partial charge in [-0.2, -0.15) is 0 Å². The van der Waals surface area contributed by atoms with Gasteiger partial charge in [0.25, 0.3) is 0 Å². The summed E-state index contributed by atoms with van der Waals surface area (Å²) < 4.78 is 0. The van der Waals surface area contributed by atoms with Gasteiger partial charge >= 0.3 is 5.97 Å². The van der Waals surface area contributed by atoms with Crippen LogP contribution in [0, 0.1) is 6.92 Å². The van der Waals surface area contributed by atoms with Crippen molar-refractivity contribution in [2.45, 2.75) is 33.5 Å². The van der Waals surface area contributed by atoms with Gasteiger partial charge in [-0.05, 0) is 48.9 Å². The molecule has 7 nitrogen and oxygen atoms in total. The third-order valence-corrected chi connectivity index (χ3v) is 6.30. The minimum Gasteiger partial charge on any atom is -0.478 e. The van der Waals surface area contributed by atoms with E-state index >= 15 is 0 Å². The highest BCUT2D eigenvalue weighted by atomic mass is 16.4. The molecule has 3 heterocycles. The van der Waals surface area contributed by atoms with Crippen LogP contribution in [0.5, 0.6) is 0 Å². The first-order valence-corrected chi connectivity index (χ1v) is 11.9. The fourth-order valence-corrected chi connectivity index (χ4v) is 4.40. The molecule has 4 rings (SSSR count). The molecule has 0 unspecified atom stereocenters. The molecular formula is C27H33N5O2. The molecule has 1 fully saturated rings. The Morgan fingerprint density at radius 3 is 2.38 bits per heavy atom. The first kappa shape index (κ1) is 23.9. The summed E-state index contributed by atoms with van der Waals surface area (Å²) in [6.45, 7) is 11.1. The van der Waals surface area contributed by atoms with Crippen molar-refractivity contribution in [3.05, 3.63) is 88.9 Å². The summed E-state index contributed by atoms with van der Waals surface area (Å²) in [5.74, 6) is -0.359. The normalized spacial score (nSPS) is 14.5. The molecule has 0 bridgehead atoms. The van der Waals surface area contributed by atoms with Gasteiger partial charge in [0.05, 0.1) is 5.69 Å². The second kappa shape index (κ2) is 11.2. The van der Waals surface area contributed by atoms with Crippen molar-refractivity contribution in [2.24, 2.45) is 0 Å². The number of nitrogens with zero attached hydrogens (tertiary/aromatic N) is 5. The number of aromatic nitrogens is 2. The van der Waals surface area contributed by atoms with Crippen LogP contribution in [-0.4, -0.2) is 63.6 Å². The number of aromatic carboxylic acids is 1. The molecule has 0 radical (unpaired) electrons. The van der Waals surface area contributed by atoms with Crippen LogP contribution in [0.1, 0.15) is 39.8 Å². The number of hydrogen-bond acceptors (Lipinski definition) is 6. The molecule has 0 saturated carbocycles. The van der Waals surface area contributed by atoms with Crippen LogP contribution in [0.25, 0.3) is 0 Å². The van der Waals surface area contributed by atoms with Crippen LogP contribution in [-0.2, 0) is 19.6 Å². The van der Waals surface area contributed by atoms with Crippen LogP contribution in [0.2, 0.25) is 0 Å². The van der Waals surface area contributed by atoms with Gasteiger partial charge in [-0.25, -0.2) is 9.78 Å². The van der Waals surface area contributed by atoms with Crippen LogP contribution in [0.15, 0.2) is 60.8 Å². The molecule has 178 valence electrons. The maximum atomic E-state index is 11.5. The number of carboxylic acids is 1. The fraction of sp³-hybridized carbons (Fsp3) is 0.370. The van der Waals surface area contributed by atoms with E-state index in [0.29, 0.717) is 5.82 Å². The lowest BCUT2D eigenvalue weighted by atomic mass is 10.1. The van der Waals surface area contributed by atoms with Crippen molar-refractivity contribution in [2.75, 3.05) is 37.6 Å². The van der Waals surface area contributed by atoms with E-state index in [-0.39, 0.29) is 5.56 Å². The van der Waals surface area contributed by atoms with Crippen molar-refractivity contribution in [1.82, 2.24) is 19.8 Å². The Morgan fingerprint density at radius 1 is 0.971 bits per heavy atom. The molecule has 0 spiro atoms. The fourth-order valence-electron chi connectivity index (χ4n) is 4.40. The number of piperazine rings is 1. The standard InChI is InChI=1S/C27H33N5O2/c1-3-30(20-24-7-4-6-21(2)29-24)18-22-9-11-23(12-10-22)19-31-14-16-32(17-15-31)26-25(27(33)34)8-5-13-28-26/h4-13H,3,14-20H2,1-2H3,(H,33,34). The van der Waals surface area contributed by atoms with Gasteiger partial charge in [0, 0.05) is 57.7 Å². The molecule has 0 atom stereocenters. The van der Waals surface area contributed by atoms with Crippen molar-refractivity contribution in [3.63, 3.8) is 0 Å². The first-order valence-electron chi connectivity index (χ1n) is 11.9. The van der Waals surface area contributed by atoms with Crippen LogP contribution >= 0.6 is 0 Å². The Morgan fingerprint density at radius 2 is 1.71 bits per heavy atom. The Bertz CT molecular complexity index is 1090. The Balaban J connectivity index is 1.29. The summed E-state index contributed by atoms with van der Waals surface area (Å²) in [6, 6.07) is 18.4. The monoisotopic (exact) mass is 459 g/mol. The molecule has 1 aromatic carbocycles. The molecule has 34 heavy (non-hydrogen) atoms. The molecule has 0 aliphatic carbocycles. The van der Waals surface area contributed by atoms with E-state index < -0.39 is 5.97 Å². The molecular weight excluding hydrogens is 426 g/mol. The third kappa shape index (κ3) is 6.18. The van der Waals surface area contributed by atoms with E-state index in [4.69, 9.17) is 0 Å². The number of benzene rings is 1. The minimum atomic E-state index is -0.928. The summed E-state index contributed by atoms with van der Waals surface area (Å²) in [6.07, 6.45) is 1.66. The van der Waals surface area contributed by atoms with E-state index in [1.807, 2.05) is 13.0 Å². The lowest BCUT2D eigenvalue weighted by Gasteiger charge is -2.35. The lowest BCUT2D eigenvalue weighted by Crippen LogP contribution is -2.46. The van der Waals surface area contributed by atoms with Crippen molar-refractivity contribution in [1.29, 1.82) is 0 Å². The van der Waals surface area contributed by atoms with Gasteiger partial charge < -0.3 is 10.0 Å². The molecule has 1 aliphatic rings. The lowest BCUT2D eigenvalue weighted by molar-refractivity contribution is 0.0697. The largest absolute Gasteiger partial charge is 0.478 e. The summed E-state index contributed by atoms with van der Waals surface area (Å²) in [5.41, 5.74) is 5.04. The molecule has 0 amide bonds. The second-order valence-corrected chi connectivity index (χ2v) is 8.83. The molecule has 3 aromatic rings. The Labute approximate surface area is 201 Å². The SMILES string of the molecule is CCN(Cc1ccc(CN2CCN(c3ncccc3C(=O)O)CC2)cc1)Cc1cccc(C)n1. The number of carboxylic acid groups (broad SMARTS) is 1. The molecule has 1 saturated heterocycles. The summed E-state index contributed by atoms with van der Waals surface area (Å²) in [7, 11) is 0. The molecule has 2 aromatic heterocycles. The highest BCUT2D eigenvalue weighted by molar-refractivity contribution is 5.93. The van der Waals surface area contributed by atoms with E-state index in [2.05, 4.69) is 68.0 Å². The van der Waals surface area contributed by atoms with Crippen molar-refractivity contribution < 1.29 is 9.90 Å². The van der Waals surface area contributed by atoms with Crippen molar-refractivity contribution in [3.8, 4) is 0 Å². The highest BCUT2D eigenvalue weighted by Crippen LogP contribution is 2.20. The third-order valence-electron chi connectivity index (χ3n) is 6.30. The average Bonchev–Trinajstić information content (AvgIpc) is 2.85. The minimum absolute atomic E-state index is 0.269. The molecule has 7 heteroatoms. The van der Waals surface area contributed by atoms with E-state index in [9.17, 15) is 9.90 Å². The quantitative estimate of drug-likeness (QED) is 0.521. The van der Waals surface area contributed by atoms with E-state index in [1.165, 1.54) is 11.1 Å². The number of anilines is 1. The highest BCUT2D eigenvalue weighted by Gasteiger charge is 2.22. The number of hydrogen-bond donors (Lipinski definition) is 1. The number of aryl methyl sites for hydroxylation is 1. The van der Waals surface area contributed by atoms with Crippen LogP contribution in [0.3, 0.4) is 0 Å². The smallest absolute Gasteiger partial charge is 0.339 e. The van der Waals surface area contributed by atoms with Crippen LogP contribution in [0.4, 0.5) is 5.82 Å². The zero-order chi connectivity index (χ0) is 23.9. The number of rotatable bonds is 9. The zero-order valence-electron chi connectivity index (χ0n) is 20.0. The number of carbonyl (C=O) groups is 1. The topological polar surface area (TPSA) is 72.8 Å². The van der Waals surface area contributed by atoms with Gasteiger partial charge in [-0.1, -0.05) is 37.3 Å². The summed E-state index contributed by atoms with van der Waals surface area (Å²) in [5, 5.41) is 9.44. The Hall–Kier alpha value is -3.29. The predicted octanol–water partition coefficient (Wildman–Crippen LogP) is 3.83. The van der Waals surface area contributed by atoms with Gasteiger partial charge in [-0.3, -0.25) is 14.8 Å². The van der Waals surface area contributed by atoms with Gasteiger partial charge in [0.1, 0.15) is 11.4 Å². The first-order chi connectivity index (χ1) is 16.5. The maximum Gasteiger partial charge on any atom is 0.339 e. The predicted molar refractivity (Wildman–Crippen MR) is 134 cm³/mol. The molecule has 1 aliphatic heterocycles. The van der Waals surface area contributed by atoms with Crippen molar-refractivity contribution >= 4 is 11.8 Å². The Kier molecular flexibility index (Phi) is 7.87. The van der Waals surface area contributed by atoms with Gasteiger partial charge in [0.15, 0.2) is 0 Å². The molecule has 1 N–H and O–H groups in total.